The highest BCUT2D eigenvalue weighted by Gasteiger charge is 2.02. The Morgan fingerprint density at radius 2 is 1.88 bits per heavy atom. The quantitative estimate of drug-likeness (QED) is 0.562. The lowest BCUT2D eigenvalue weighted by molar-refractivity contribution is 0.136. The van der Waals surface area contributed by atoms with Gasteiger partial charge in [-0.2, -0.15) is 0 Å². The molecular formula is C6H14O2. The molecule has 50 valence electrons. The molecule has 0 bridgehead atoms. The second kappa shape index (κ2) is 3.87. The largest absolute Gasteiger partial charge is 0.396 e. The van der Waals surface area contributed by atoms with Crippen molar-refractivity contribution in [2.24, 2.45) is 5.92 Å². The van der Waals surface area contributed by atoms with Gasteiger partial charge in [-0.3, -0.25) is 0 Å². The Bertz CT molecular complexity index is 52.5. The maximum Gasteiger partial charge on any atom is 0.0515 e. The molecule has 0 amide bonds. The highest BCUT2D eigenvalue weighted by atomic mass is 16.3. The fourth-order valence-corrected chi connectivity index (χ4v) is 0.657. The van der Waals surface area contributed by atoms with Crippen LogP contribution in [0.1, 0.15) is 20.3 Å². The molecule has 0 aromatic carbocycles. The molecular weight excluding hydrogens is 104 g/mol. The van der Waals surface area contributed by atoms with Gasteiger partial charge in [-0.05, 0) is 19.3 Å². The summed E-state index contributed by atoms with van der Waals surface area (Å²) in [6.07, 6.45) is 0.411. The number of rotatable bonds is 3. The second-order valence-electron chi connectivity index (χ2n) is 2.37. The van der Waals surface area contributed by atoms with Gasteiger partial charge in [-0.15, -0.1) is 0 Å². The third-order valence-electron chi connectivity index (χ3n) is 1.06. The van der Waals surface area contributed by atoms with Crippen molar-refractivity contribution in [3.05, 3.63) is 0 Å². The molecule has 0 aromatic heterocycles. The predicted molar refractivity (Wildman–Crippen MR) is 32.5 cm³/mol. The smallest absolute Gasteiger partial charge is 0.0515 e. The van der Waals surface area contributed by atoms with Crippen LogP contribution in [-0.2, 0) is 0 Å². The van der Waals surface area contributed by atoms with Gasteiger partial charge in [-0.1, -0.05) is 6.92 Å². The van der Waals surface area contributed by atoms with E-state index in [0.29, 0.717) is 6.42 Å². The van der Waals surface area contributed by atoms with Crippen molar-refractivity contribution in [3.8, 4) is 0 Å². The number of aliphatic hydroxyl groups excluding tert-OH is 2. The molecule has 0 aliphatic carbocycles. The predicted octanol–water partition coefficient (Wildman–Crippen LogP) is 0.386. The lowest BCUT2D eigenvalue weighted by Crippen LogP contribution is -2.09. The summed E-state index contributed by atoms with van der Waals surface area (Å²) in [7, 11) is 0. The van der Waals surface area contributed by atoms with Crippen LogP contribution in [0.4, 0.5) is 0 Å². The van der Waals surface area contributed by atoms with Gasteiger partial charge in [0.25, 0.3) is 0 Å². The summed E-state index contributed by atoms with van der Waals surface area (Å²) in [6.45, 7) is 3.81. The summed E-state index contributed by atoms with van der Waals surface area (Å²) in [4.78, 5) is 0. The summed E-state index contributed by atoms with van der Waals surface area (Å²) in [6, 6.07) is 0. The maximum atomic E-state index is 8.74. The zero-order valence-electron chi connectivity index (χ0n) is 5.46. The van der Waals surface area contributed by atoms with E-state index in [1.807, 2.05) is 6.92 Å². The SMILES string of the molecule is CC(O)CC(C)CO. The van der Waals surface area contributed by atoms with Gasteiger partial charge in [0.05, 0.1) is 6.10 Å². The van der Waals surface area contributed by atoms with Crippen molar-refractivity contribution < 1.29 is 10.2 Å². The average molecular weight is 118 g/mol. The minimum absolute atomic E-state index is 0.172. The zero-order valence-corrected chi connectivity index (χ0v) is 5.46. The second-order valence-corrected chi connectivity index (χ2v) is 2.37. The van der Waals surface area contributed by atoms with Crippen molar-refractivity contribution in [3.63, 3.8) is 0 Å². The normalized spacial score (nSPS) is 18.0. The Kier molecular flexibility index (Phi) is 3.83. The van der Waals surface area contributed by atoms with E-state index < -0.39 is 0 Å². The van der Waals surface area contributed by atoms with Crippen LogP contribution in [-0.4, -0.2) is 22.9 Å². The van der Waals surface area contributed by atoms with E-state index in [1.54, 1.807) is 6.92 Å². The Morgan fingerprint density at radius 1 is 1.38 bits per heavy atom. The molecule has 0 aliphatic rings. The molecule has 0 rings (SSSR count). The maximum absolute atomic E-state index is 8.74. The molecule has 0 aromatic rings. The summed E-state index contributed by atoms with van der Waals surface area (Å²) >= 11 is 0. The molecule has 2 N–H and O–H groups in total. The number of aliphatic hydroxyl groups is 2. The summed E-state index contributed by atoms with van der Waals surface area (Å²) < 4.78 is 0. The van der Waals surface area contributed by atoms with Crippen LogP contribution in [0, 0.1) is 5.92 Å². The number of hydrogen-bond acceptors (Lipinski definition) is 2. The molecule has 0 spiro atoms. The van der Waals surface area contributed by atoms with Gasteiger partial charge in [0.15, 0.2) is 0 Å². The van der Waals surface area contributed by atoms with E-state index in [4.69, 9.17) is 10.2 Å². The lowest BCUT2D eigenvalue weighted by atomic mass is 10.1. The van der Waals surface area contributed by atoms with Crippen molar-refractivity contribution in [2.75, 3.05) is 6.61 Å². The Morgan fingerprint density at radius 3 is 2.00 bits per heavy atom. The summed E-state index contributed by atoms with van der Waals surface area (Å²) in [5, 5.41) is 17.2. The van der Waals surface area contributed by atoms with Gasteiger partial charge in [-0.25, -0.2) is 0 Å². The van der Waals surface area contributed by atoms with E-state index in [1.165, 1.54) is 0 Å². The van der Waals surface area contributed by atoms with Crippen LogP contribution >= 0.6 is 0 Å². The first-order valence-corrected chi connectivity index (χ1v) is 2.95. The van der Waals surface area contributed by atoms with Crippen LogP contribution in [0.5, 0.6) is 0 Å². The Balaban J connectivity index is 3.10. The van der Waals surface area contributed by atoms with Crippen molar-refractivity contribution >= 4 is 0 Å². The van der Waals surface area contributed by atoms with Gasteiger partial charge in [0.2, 0.25) is 0 Å². The molecule has 2 nitrogen and oxygen atoms in total. The monoisotopic (exact) mass is 118 g/mol. The fourth-order valence-electron chi connectivity index (χ4n) is 0.657. The molecule has 2 heteroatoms. The molecule has 0 aliphatic heterocycles. The molecule has 8 heavy (non-hydrogen) atoms. The summed E-state index contributed by atoms with van der Waals surface area (Å²) in [5.74, 6) is 0.231. The van der Waals surface area contributed by atoms with E-state index in [2.05, 4.69) is 0 Å². The van der Waals surface area contributed by atoms with Gasteiger partial charge in [0.1, 0.15) is 0 Å². The molecule has 0 heterocycles. The standard InChI is InChI=1S/C6H14O2/c1-5(4-7)3-6(2)8/h5-8H,3-4H2,1-2H3. The minimum atomic E-state index is -0.280. The first-order valence-electron chi connectivity index (χ1n) is 2.95. The minimum Gasteiger partial charge on any atom is -0.396 e. The zero-order chi connectivity index (χ0) is 6.57. The van der Waals surface area contributed by atoms with Gasteiger partial charge < -0.3 is 10.2 Å². The average Bonchev–Trinajstić information content (AvgIpc) is 1.65. The van der Waals surface area contributed by atoms with Gasteiger partial charge >= 0.3 is 0 Å². The van der Waals surface area contributed by atoms with Crippen molar-refractivity contribution in [1.29, 1.82) is 0 Å². The molecule has 0 radical (unpaired) electrons. The third kappa shape index (κ3) is 4.09. The molecule has 0 fully saturated rings. The fraction of sp³-hybridized carbons (Fsp3) is 1.00. The Labute approximate surface area is 50.2 Å². The molecule has 2 unspecified atom stereocenters. The van der Waals surface area contributed by atoms with Crippen molar-refractivity contribution in [2.45, 2.75) is 26.4 Å². The molecule has 0 saturated carbocycles. The van der Waals surface area contributed by atoms with Crippen LogP contribution in [0.15, 0.2) is 0 Å². The highest BCUT2D eigenvalue weighted by molar-refractivity contribution is 4.53. The van der Waals surface area contributed by atoms with Gasteiger partial charge in [0, 0.05) is 6.61 Å². The van der Waals surface area contributed by atoms with E-state index in [9.17, 15) is 0 Å². The topological polar surface area (TPSA) is 40.5 Å². The highest BCUT2D eigenvalue weighted by Crippen LogP contribution is 2.02. The molecule has 2 atom stereocenters. The first-order chi connectivity index (χ1) is 3.66. The third-order valence-corrected chi connectivity index (χ3v) is 1.06. The lowest BCUT2D eigenvalue weighted by Gasteiger charge is -2.08. The number of hydrogen-bond donors (Lipinski definition) is 2. The van der Waals surface area contributed by atoms with Crippen LogP contribution in [0.2, 0.25) is 0 Å². The van der Waals surface area contributed by atoms with E-state index in [-0.39, 0.29) is 18.6 Å². The summed E-state index contributed by atoms with van der Waals surface area (Å²) in [5.41, 5.74) is 0. The molecule has 0 saturated heterocycles. The Hall–Kier alpha value is -0.0800. The van der Waals surface area contributed by atoms with Crippen LogP contribution < -0.4 is 0 Å². The van der Waals surface area contributed by atoms with E-state index in [0.717, 1.165) is 0 Å². The first kappa shape index (κ1) is 7.92. The van der Waals surface area contributed by atoms with E-state index >= 15 is 0 Å². The van der Waals surface area contributed by atoms with Crippen molar-refractivity contribution in [1.82, 2.24) is 0 Å². The van der Waals surface area contributed by atoms with Crippen LogP contribution in [0.25, 0.3) is 0 Å². The van der Waals surface area contributed by atoms with Crippen LogP contribution in [0.3, 0.4) is 0 Å².